The van der Waals surface area contributed by atoms with Gasteiger partial charge in [-0.25, -0.2) is 9.03 Å². The number of amides is 1. The third-order valence-corrected chi connectivity index (χ3v) is 7.79. The van der Waals surface area contributed by atoms with Crippen LogP contribution in [0.3, 0.4) is 0 Å². The summed E-state index contributed by atoms with van der Waals surface area (Å²) < 4.78 is 31.9. The van der Waals surface area contributed by atoms with Gasteiger partial charge in [0.2, 0.25) is 5.91 Å². The van der Waals surface area contributed by atoms with Gasteiger partial charge in [-0.15, -0.1) is 0 Å². The molecule has 1 amide bonds. The fourth-order valence-electron chi connectivity index (χ4n) is 4.39. The van der Waals surface area contributed by atoms with Gasteiger partial charge in [0.05, 0.1) is 24.8 Å². The molecule has 1 fully saturated rings. The number of carbonyl (C=O) groups excluding carboxylic acids is 1. The maximum absolute atomic E-state index is 13.4. The van der Waals surface area contributed by atoms with Gasteiger partial charge >= 0.3 is 10.2 Å². The van der Waals surface area contributed by atoms with E-state index < -0.39 is 16.1 Å². The number of likely N-dealkylation sites (tertiary alicyclic amines) is 1. The molecule has 0 spiro atoms. The smallest absolute Gasteiger partial charge is 0.302 e. The van der Waals surface area contributed by atoms with Gasteiger partial charge in [-0.2, -0.15) is 13.5 Å². The minimum atomic E-state index is -4.10. The van der Waals surface area contributed by atoms with E-state index in [1.165, 1.54) is 10.5 Å². The van der Waals surface area contributed by atoms with Crippen LogP contribution < -0.4 is 9.03 Å². The zero-order valence-corrected chi connectivity index (χ0v) is 21.4. The lowest BCUT2D eigenvalue weighted by Crippen LogP contribution is -2.48. The minimum absolute atomic E-state index is 0.0114. The van der Waals surface area contributed by atoms with Crippen LogP contribution in [0.2, 0.25) is 0 Å². The number of likely N-dealkylation sites (N-methyl/N-ethyl adjacent to an activating group) is 1. The molecule has 182 valence electrons. The van der Waals surface area contributed by atoms with E-state index in [1.54, 1.807) is 17.9 Å². The molecule has 1 aromatic heterocycles. The van der Waals surface area contributed by atoms with Gasteiger partial charge < -0.3 is 4.90 Å². The molecule has 33 heavy (non-hydrogen) atoms. The van der Waals surface area contributed by atoms with Gasteiger partial charge in [0.25, 0.3) is 0 Å². The van der Waals surface area contributed by atoms with Crippen LogP contribution in [0.5, 0.6) is 0 Å². The summed E-state index contributed by atoms with van der Waals surface area (Å²) in [5.74, 6) is 0.0168. The second-order valence-electron chi connectivity index (χ2n) is 9.65. The Hall–Kier alpha value is -2.39. The molecule has 0 aliphatic carbocycles. The van der Waals surface area contributed by atoms with Crippen LogP contribution in [0.25, 0.3) is 0 Å². The van der Waals surface area contributed by atoms with Gasteiger partial charge in [-0.05, 0) is 55.0 Å². The summed E-state index contributed by atoms with van der Waals surface area (Å²) >= 11 is 0. The Bertz CT molecular complexity index is 1080. The lowest BCUT2D eigenvalue weighted by Gasteiger charge is -2.29. The summed E-state index contributed by atoms with van der Waals surface area (Å²) in [6, 6.07) is 6.25. The second-order valence-corrected chi connectivity index (χ2v) is 11.2. The van der Waals surface area contributed by atoms with Crippen LogP contribution in [-0.4, -0.2) is 55.2 Å². The summed E-state index contributed by atoms with van der Waals surface area (Å²) in [6.45, 7) is 9.55. The number of nitrogens with zero attached hydrogens (tertiary/aromatic N) is 4. The first kappa shape index (κ1) is 25.2. The van der Waals surface area contributed by atoms with E-state index >= 15 is 0 Å². The molecule has 8 nitrogen and oxygen atoms in total. The Morgan fingerprint density at radius 2 is 1.94 bits per heavy atom. The number of benzene rings is 1. The van der Waals surface area contributed by atoms with Crippen molar-refractivity contribution >= 4 is 21.8 Å². The topological polar surface area (TPSA) is 87.5 Å². The van der Waals surface area contributed by atoms with E-state index in [0.717, 1.165) is 36.1 Å². The molecule has 2 heterocycles. The van der Waals surface area contributed by atoms with E-state index in [1.807, 2.05) is 13.1 Å². The first-order chi connectivity index (χ1) is 15.5. The van der Waals surface area contributed by atoms with Crippen LogP contribution in [0.4, 0.5) is 5.69 Å². The first-order valence-corrected chi connectivity index (χ1v) is 13.1. The number of aromatic nitrogens is 2. The number of anilines is 1. The van der Waals surface area contributed by atoms with Crippen molar-refractivity contribution in [1.29, 1.82) is 0 Å². The summed E-state index contributed by atoms with van der Waals surface area (Å²) in [6.07, 6.45) is 5.12. The van der Waals surface area contributed by atoms with Gasteiger partial charge in [-0.1, -0.05) is 45.9 Å². The highest BCUT2D eigenvalue weighted by Crippen LogP contribution is 2.26. The van der Waals surface area contributed by atoms with Gasteiger partial charge in [0.15, 0.2) is 0 Å². The molecule has 0 saturated carbocycles. The summed E-state index contributed by atoms with van der Waals surface area (Å²) in [4.78, 5) is 15.1. The minimum Gasteiger partial charge on any atom is -0.302 e. The predicted molar refractivity (Wildman–Crippen MR) is 132 cm³/mol. The Morgan fingerprint density at radius 3 is 2.48 bits per heavy atom. The van der Waals surface area contributed by atoms with Crippen molar-refractivity contribution in [3.63, 3.8) is 0 Å². The molecule has 9 heteroatoms. The van der Waals surface area contributed by atoms with Crippen molar-refractivity contribution in [2.75, 3.05) is 24.4 Å². The van der Waals surface area contributed by atoms with Gasteiger partial charge in [0, 0.05) is 19.3 Å². The molecule has 1 aromatic carbocycles. The van der Waals surface area contributed by atoms with Crippen molar-refractivity contribution in [2.45, 2.75) is 64.8 Å². The highest BCUT2D eigenvalue weighted by Gasteiger charge is 2.32. The van der Waals surface area contributed by atoms with Crippen molar-refractivity contribution in [1.82, 2.24) is 19.4 Å². The number of rotatable bonds is 9. The lowest BCUT2D eigenvalue weighted by atomic mass is 9.90. The average Bonchev–Trinajstić information content (AvgIpc) is 3.32. The molecule has 0 bridgehead atoms. The summed E-state index contributed by atoms with van der Waals surface area (Å²) in [5.41, 5.74) is 3.50. The molecule has 1 aliphatic heterocycles. The summed E-state index contributed by atoms with van der Waals surface area (Å²) in [7, 11) is -0.359. The zero-order valence-electron chi connectivity index (χ0n) is 20.6. The standard InChI is InChI=1S/C24H37N5O3S/c1-17(2)19-9-10-23(18(3)4)20(12-19)13-24(30)26-33(31,32)29(22-14-25-28(6)15-22)16-21-8-7-11-27(21)5/h9-10,12,14-15,17-18,21H,7-8,11,13,16H2,1-6H3,(H,26,30)/t21-/m0/s1. The highest BCUT2D eigenvalue weighted by atomic mass is 32.2. The molecule has 0 radical (unpaired) electrons. The maximum atomic E-state index is 13.4. The van der Waals surface area contributed by atoms with Crippen molar-refractivity contribution < 1.29 is 13.2 Å². The second kappa shape index (κ2) is 10.3. The quantitative estimate of drug-likeness (QED) is 0.602. The molecule has 1 atom stereocenters. The number of hydrogen-bond donors (Lipinski definition) is 1. The predicted octanol–water partition coefficient (Wildman–Crippen LogP) is 3.17. The van der Waals surface area contributed by atoms with Crippen LogP contribution >= 0.6 is 0 Å². The van der Waals surface area contributed by atoms with Crippen LogP contribution in [0.1, 0.15) is 69.1 Å². The fourth-order valence-corrected chi connectivity index (χ4v) is 5.60. The number of hydrogen-bond acceptors (Lipinski definition) is 5. The molecular formula is C24H37N5O3S. The van der Waals surface area contributed by atoms with Gasteiger partial charge in [0.1, 0.15) is 0 Å². The van der Waals surface area contributed by atoms with E-state index in [-0.39, 0.29) is 24.9 Å². The van der Waals surface area contributed by atoms with Crippen LogP contribution in [0, 0.1) is 0 Å². The molecule has 1 saturated heterocycles. The third-order valence-electron chi connectivity index (χ3n) is 6.37. The molecule has 0 unspecified atom stereocenters. The van der Waals surface area contributed by atoms with E-state index in [2.05, 4.69) is 54.5 Å². The maximum Gasteiger partial charge on any atom is 0.326 e. The first-order valence-electron chi connectivity index (χ1n) is 11.6. The van der Waals surface area contributed by atoms with Crippen molar-refractivity contribution in [3.05, 3.63) is 47.3 Å². The Kier molecular flexibility index (Phi) is 7.84. The van der Waals surface area contributed by atoms with Crippen LogP contribution in [0.15, 0.2) is 30.6 Å². The molecule has 1 aliphatic rings. The normalized spacial score (nSPS) is 17.2. The molecular weight excluding hydrogens is 438 g/mol. The number of aryl methyl sites for hydroxylation is 1. The van der Waals surface area contributed by atoms with E-state index in [9.17, 15) is 13.2 Å². The zero-order chi connectivity index (χ0) is 24.3. The number of nitrogens with one attached hydrogen (secondary N) is 1. The van der Waals surface area contributed by atoms with Crippen LogP contribution in [-0.2, 0) is 28.5 Å². The van der Waals surface area contributed by atoms with Crippen molar-refractivity contribution in [2.24, 2.45) is 7.05 Å². The number of carbonyl (C=O) groups is 1. The average molecular weight is 476 g/mol. The SMILES string of the molecule is CC(C)c1ccc(C(C)C)c(CC(=O)NS(=O)(=O)N(C[C@@H]2CCCN2C)c2cnn(C)c2)c1. The van der Waals surface area contributed by atoms with E-state index in [4.69, 9.17) is 0 Å². The van der Waals surface area contributed by atoms with Crippen molar-refractivity contribution in [3.8, 4) is 0 Å². The Labute approximate surface area is 198 Å². The van der Waals surface area contributed by atoms with Gasteiger partial charge in [-0.3, -0.25) is 9.48 Å². The Morgan fingerprint density at radius 1 is 1.21 bits per heavy atom. The Balaban J connectivity index is 1.83. The fraction of sp³-hybridized carbons (Fsp3) is 0.583. The molecule has 3 rings (SSSR count). The molecule has 1 N–H and O–H groups in total. The highest BCUT2D eigenvalue weighted by molar-refractivity contribution is 7.91. The van der Waals surface area contributed by atoms with E-state index in [0.29, 0.717) is 11.6 Å². The largest absolute Gasteiger partial charge is 0.326 e. The third kappa shape index (κ3) is 6.14. The summed E-state index contributed by atoms with van der Waals surface area (Å²) in [5, 5.41) is 4.13. The monoisotopic (exact) mass is 475 g/mol. The lowest BCUT2D eigenvalue weighted by molar-refractivity contribution is -0.118. The molecule has 2 aromatic rings.